The van der Waals surface area contributed by atoms with Gasteiger partial charge in [0, 0.05) is 12.0 Å². The Bertz CT molecular complexity index is 597. The molecular weight excluding hydrogens is 206 g/mol. The SMILES string of the molecule is NCCc1nc2nc3c(c(=O)n2[nH]1)CCC3. The number of nitrogens with one attached hydrogen (secondary N) is 1. The van der Waals surface area contributed by atoms with Crippen LogP contribution in [0.25, 0.3) is 5.78 Å². The molecule has 0 saturated heterocycles. The van der Waals surface area contributed by atoms with Crippen LogP contribution in [0.15, 0.2) is 4.79 Å². The molecule has 0 spiro atoms. The van der Waals surface area contributed by atoms with E-state index in [0.717, 1.165) is 36.3 Å². The number of H-pyrrole nitrogens is 1. The van der Waals surface area contributed by atoms with E-state index in [4.69, 9.17) is 5.73 Å². The number of hydrogen-bond donors (Lipinski definition) is 2. The van der Waals surface area contributed by atoms with E-state index >= 15 is 0 Å². The van der Waals surface area contributed by atoms with Crippen LogP contribution in [-0.4, -0.2) is 26.1 Å². The third kappa shape index (κ3) is 1.26. The molecule has 0 radical (unpaired) electrons. The van der Waals surface area contributed by atoms with Crippen LogP contribution < -0.4 is 11.3 Å². The van der Waals surface area contributed by atoms with Crippen LogP contribution >= 0.6 is 0 Å². The highest BCUT2D eigenvalue weighted by atomic mass is 16.1. The van der Waals surface area contributed by atoms with Crippen LogP contribution in [0.3, 0.4) is 0 Å². The Kier molecular flexibility index (Phi) is 2.03. The van der Waals surface area contributed by atoms with E-state index in [0.29, 0.717) is 18.7 Å². The molecule has 0 amide bonds. The largest absolute Gasteiger partial charge is 0.330 e. The molecule has 2 heterocycles. The molecule has 0 saturated carbocycles. The summed E-state index contributed by atoms with van der Waals surface area (Å²) in [6.07, 6.45) is 3.36. The van der Waals surface area contributed by atoms with E-state index < -0.39 is 0 Å². The Morgan fingerprint density at radius 3 is 3.06 bits per heavy atom. The normalized spacial score (nSPS) is 14.6. The van der Waals surface area contributed by atoms with Gasteiger partial charge in [0.2, 0.25) is 0 Å². The lowest BCUT2D eigenvalue weighted by Crippen LogP contribution is -2.20. The van der Waals surface area contributed by atoms with Crippen molar-refractivity contribution < 1.29 is 0 Å². The predicted molar refractivity (Wildman–Crippen MR) is 58.4 cm³/mol. The summed E-state index contributed by atoms with van der Waals surface area (Å²) in [6, 6.07) is 0. The molecule has 2 aromatic rings. The Hall–Kier alpha value is -1.69. The first-order chi connectivity index (χ1) is 7.79. The van der Waals surface area contributed by atoms with E-state index in [2.05, 4.69) is 15.1 Å². The van der Waals surface area contributed by atoms with Gasteiger partial charge in [-0.15, -0.1) is 0 Å². The lowest BCUT2D eigenvalue weighted by atomic mass is 10.3. The number of hydrogen-bond acceptors (Lipinski definition) is 4. The molecule has 0 unspecified atom stereocenters. The van der Waals surface area contributed by atoms with Crippen LogP contribution in [0.1, 0.15) is 23.5 Å². The monoisotopic (exact) mass is 219 g/mol. The molecule has 0 atom stereocenters. The molecular formula is C10H13N5O. The zero-order chi connectivity index (χ0) is 11.1. The number of fused-ring (bicyclic) bond motifs is 2. The molecule has 1 aliphatic rings. The number of aromatic amines is 1. The van der Waals surface area contributed by atoms with Crippen molar-refractivity contribution in [2.45, 2.75) is 25.7 Å². The van der Waals surface area contributed by atoms with Crippen LogP contribution in [0, 0.1) is 0 Å². The first kappa shape index (κ1) is 9.53. The van der Waals surface area contributed by atoms with E-state index in [1.807, 2.05) is 0 Å². The van der Waals surface area contributed by atoms with Gasteiger partial charge in [-0.05, 0) is 25.8 Å². The maximum Gasteiger partial charge on any atom is 0.277 e. The standard InChI is InChI=1S/C10H13N5O/c11-5-4-8-13-10-12-7-3-1-2-6(7)9(16)15(10)14-8/h1-5,11H2,(H,12,13,14). The molecule has 0 aliphatic heterocycles. The summed E-state index contributed by atoms with van der Waals surface area (Å²) in [5.74, 6) is 1.19. The molecule has 2 aromatic heterocycles. The van der Waals surface area contributed by atoms with Gasteiger partial charge >= 0.3 is 0 Å². The zero-order valence-corrected chi connectivity index (χ0v) is 8.86. The summed E-state index contributed by atoms with van der Waals surface area (Å²) in [6.45, 7) is 0.508. The van der Waals surface area contributed by atoms with Crippen molar-refractivity contribution in [1.82, 2.24) is 19.6 Å². The van der Waals surface area contributed by atoms with E-state index in [1.54, 1.807) is 0 Å². The van der Waals surface area contributed by atoms with Gasteiger partial charge in [0.1, 0.15) is 5.82 Å². The van der Waals surface area contributed by atoms with Gasteiger partial charge in [0.25, 0.3) is 11.3 Å². The second kappa shape index (κ2) is 3.41. The fourth-order valence-corrected chi connectivity index (χ4v) is 2.18. The predicted octanol–water partition coefficient (Wildman–Crippen LogP) is -0.593. The summed E-state index contributed by atoms with van der Waals surface area (Å²) in [5, 5.41) is 2.95. The number of aryl methyl sites for hydroxylation is 1. The molecule has 1 aliphatic carbocycles. The lowest BCUT2D eigenvalue weighted by molar-refractivity contribution is 0.816. The second-order valence-corrected chi connectivity index (χ2v) is 4.04. The molecule has 3 rings (SSSR count). The van der Waals surface area contributed by atoms with Crippen molar-refractivity contribution >= 4 is 5.78 Å². The smallest absolute Gasteiger partial charge is 0.277 e. The van der Waals surface area contributed by atoms with Crippen molar-refractivity contribution in [1.29, 1.82) is 0 Å². The van der Waals surface area contributed by atoms with Crippen LogP contribution in [0.5, 0.6) is 0 Å². The molecule has 6 heteroatoms. The topological polar surface area (TPSA) is 89.1 Å². The Balaban J connectivity index is 2.25. The van der Waals surface area contributed by atoms with Crippen molar-refractivity contribution in [2.24, 2.45) is 5.73 Å². The fraction of sp³-hybridized carbons (Fsp3) is 0.500. The van der Waals surface area contributed by atoms with Crippen molar-refractivity contribution in [3.8, 4) is 0 Å². The van der Waals surface area contributed by atoms with E-state index in [9.17, 15) is 4.79 Å². The number of nitrogens with zero attached hydrogens (tertiary/aromatic N) is 3. The minimum atomic E-state index is -0.00623. The van der Waals surface area contributed by atoms with Crippen LogP contribution in [-0.2, 0) is 19.3 Å². The average molecular weight is 219 g/mol. The fourth-order valence-electron chi connectivity index (χ4n) is 2.18. The zero-order valence-electron chi connectivity index (χ0n) is 8.86. The van der Waals surface area contributed by atoms with Gasteiger partial charge in [0.15, 0.2) is 0 Å². The summed E-state index contributed by atoms with van der Waals surface area (Å²) in [4.78, 5) is 20.7. The van der Waals surface area contributed by atoms with Gasteiger partial charge in [-0.1, -0.05) is 0 Å². The molecule has 3 N–H and O–H groups in total. The molecule has 0 fully saturated rings. The third-order valence-electron chi connectivity index (χ3n) is 2.94. The lowest BCUT2D eigenvalue weighted by Gasteiger charge is -1.96. The highest BCUT2D eigenvalue weighted by molar-refractivity contribution is 5.34. The number of rotatable bonds is 2. The van der Waals surface area contributed by atoms with Gasteiger partial charge < -0.3 is 5.73 Å². The van der Waals surface area contributed by atoms with Crippen LogP contribution in [0.4, 0.5) is 0 Å². The molecule has 0 bridgehead atoms. The third-order valence-corrected chi connectivity index (χ3v) is 2.94. The molecule has 0 aromatic carbocycles. The molecule has 16 heavy (non-hydrogen) atoms. The summed E-state index contributed by atoms with van der Waals surface area (Å²) >= 11 is 0. The van der Waals surface area contributed by atoms with Gasteiger partial charge in [-0.3, -0.25) is 9.89 Å². The summed E-state index contributed by atoms with van der Waals surface area (Å²) in [7, 11) is 0. The van der Waals surface area contributed by atoms with Crippen molar-refractivity contribution in [3.63, 3.8) is 0 Å². The van der Waals surface area contributed by atoms with E-state index in [-0.39, 0.29) is 5.56 Å². The van der Waals surface area contributed by atoms with Gasteiger partial charge in [-0.25, -0.2) is 4.98 Å². The molecule has 84 valence electrons. The number of nitrogens with two attached hydrogens (primary N) is 1. The Labute approximate surface area is 91.5 Å². The Morgan fingerprint density at radius 1 is 1.38 bits per heavy atom. The van der Waals surface area contributed by atoms with E-state index in [1.165, 1.54) is 4.52 Å². The average Bonchev–Trinajstić information content (AvgIpc) is 2.85. The summed E-state index contributed by atoms with van der Waals surface area (Å²) in [5.41, 5.74) is 7.19. The first-order valence-electron chi connectivity index (χ1n) is 5.49. The van der Waals surface area contributed by atoms with Gasteiger partial charge in [0.05, 0.1) is 5.69 Å². The highest BCUT2D eigenvalue weighted by Gasteiger charge is 2.19. The summed E-state index contributed by atoms with van der Waals surface area (Å²) < 4.78 is 1.43. The van der Waals surface area contributed by atoms with Crippen molar-refractivity contribution in [2.75, 3.05) is 6.54 Å². The van der Waals surface area contributed by atoms with Crippen molar-refractivity contribution in [3.05, 3.63) is 27.4 Å². The quantitative estimate of drug-likeness (QED) is 0.706. The maximum atomic E-state index is 12.1. The first-order valence-corrected chi connectivity index (χ1v) is 5.49. The minimum Gasteiger partial charge on any atom is -0.330 e. The van der Waals surface area contributed by atoms with Crippen LogP contribution in [0.2, 0.25) is 0 Å². The Morgan fingerprint density at radius 2 is 2.25 bits per heavy atom. The molecule has 6 nitrogen and oxygen atoms in total. The second-order valence-electron chi connectivity index (χ2n) is 4.04. The van der Waals surface area contributed by atoms with Gasteiger partial charge in [-0.2, -0.15) is 9.50 Å². The highest BCUT2D eigenvalue weighted by Crippen LogP contribution is 2.16. The minimum absolute atomic E-state index is 0.00623. The maximum absolute atomic E-state index is 12.1. The number of aromatic nitrogens is 4.